The van der Waals surface area contributed by atoms with E-state index in [1.165, 1.54) is 12.1 Å². The van der Waals surface area contributed by atoms with E-state index in [-0.39, 0.29) is 17.2 Å². The Morgan fingerprint density at radius 1 is 1.00 bits per heavy atom. The Balaban J connectivity index is 2.30. The standard InChI is InChI=1S/C17H19NO4S/c1-12-7-8-13(2)16(9-12)11-23(21,22)10-15-5-4-6-17(14(15)3)18(19)20/h4-9H,10-11H2,1-3H3. The molecule has 0 saturated heterocycles. The van der Waals surface area contributed by atoms with Crippen LogP contribution >= 0.6 is 0 Å². The molecule has 2 aromatic rings. The lowest BCUT2D eigenvalue weighted by molar-refractivity contribution is -0.385. The Bertz CT molecular complexity index is 857. The van der Waals surface area contributed by atoms with Crippen LogP contribution in [0.1, 0.15) is 27.8 Å². The first kappa shape index (κ1) is 17.1. The van der Waals surface area contributed by atoms with Crippen molar-refractivity contribution in [1.29, 1.82) is 0 Å². The zero-order chi connectivity index (χ0) is 17.2. The van der Waals surface area contributed by atoms with Gasteiger partial charge in [0.25, 0.3) is 5.69 Å². The second-order valence-corrected chi connectivity index (χ2v) is 7.85. The quantitative estimate of drug-likeness (QED) is 0.618. The van der Waals surface area contributed by atoms with Gasteiger partial charge in [0.15, 0.2) is 9.84 Å². The van der Waals surface area contributed by atoms with Crippen LogP contribution in [0.15, 0.2) is 36.4 Å². The summed E-state index contributed by atoms with van der Waals surface area (Å²) in [6.07, 6.45) is 0. The molecule has 0 aromatic heterocycles. The van der Waals surface area contributed by atoms with E-state index in [9.17, 15) is 18.5 Å². The Morgan fingerprint density at radius 3 is 2.30 bits per heavy atom. The van der Waals surface area contributed by atoms with Crippen molar-refractivity contribution in [3.8, 4) is 0 Å². The average Bonchev–Trinajstić information content (AvgIpc) is 2.44. The van der Waals surface area contributed by atoms with Gasteiger partial charge in [-0.25, -0.2) is 8.42 Å². The van der Waals surface area contributed by atoms with Crippen LogP contribution in [0.4, 0.5) is 5.69 Å². The minimum absolute atomic E-state index is 0.0514. The lowest BCUT2D eigenvalue weighted by Gasteiger charge is -2.10. The van der Waals surface area contributed by atoms with Crippen LogP contribution < -0.4 is 0 Å². The monoisotopic (exact) mass is 333 g/mol. The van der Waals surface area contributed by atoms with Crippen molar-refractivity contribution < 1.29 is 13.3 Å². The van der Waals surface area contributed by atoms with Gasteiger partial charge in [-0.3, -0.25) is 10.1 Å². The number of nitrogens with zero attached hydrogens (tertiary/aromatic N) is 1. The van der Waals surface area contributed by atoms with Crippen molar-refractivity contribution in [3.63, 3.8) is 0 Å². The highest BCUT2D eigenvalue weighted by molar-refractivity contribution is 7.89. The van der Waals surface area contributed by atoms with Gasteiger partial charge in [0.2, 0.25) is 0 Å². The number of rotatable bonds is 5. The molecule has 0 spiro atoms. The van der Waals surface area contributed by atoms with Gasteiger partial charge in [0, 0.05) is 11.6 Å². The fourth-order valence-corrected chi connectivity index (χ4v) is 4.18. The molecule has 0 atom stereocenters. The summed E-state index contributed by atoms with van der Waals surface area (Å²) >= 11 is 0. The fourth-order valence-electron chi connectivity index (χ4n) is 2.50. The van der Waals surface area contributed by atoms with E-state index < -0.39 is 14.8 Å². The number of aryl methyl sites for hydroxylation is 2. The van der Waals surface area contributed by atoms with E-state index in [0.29, 0.717) is 11.1 Å². The van der Waals surface area contributed by atoms with Gasteiger partial charge >= 0.3 is 0 Å². The second kappa shape index (κ2) is 6.50. The summed E-state index contributed by atoms with van der Waals surface area (Å²) in [5.74, 6) is -0.267. The predicted molar refractivity (Wildman–Crippen MR) is 90.1 cm³/mol. The number of hydrogen-bond acceptors (Lipinski definition) is 4. The number of nitro benzene ring substituents is 1. The summed E-state index contributed by atoms with van der Waals surface area (Å²) < 4.78 is 25.0. The first-order valence-electron chi connectivity index (χ1n) is 7.19. The van der Waals surface area contributed by atoms with Crippen molar-refractivity contribution in [2.75, 3.05) is 0 Å². The smallest absolute Gasteiger partial charge is 0.258 e. The zero-order valence-electron chi connectivity index (χ0n) is 13.4. The lowest BCUT2D eigenvalue weighted by atomic mass is 10.1. The minimum atomic E-state index is -3.41. The zero-order valence-corrected chi connectivity index (χ0v) is 14.2. The molecule has 0 fully saturated rings. The summed E-state index contributed by atoms with van der Waals surface area (Å²) in [5.41, 5.74) is 3.53. The fraction of sp³-hybridized carbons (Fsp3) is 0.294. The molecule has 2 aromatic carbocycles. The van der Waals surface area contributed by atoms with E-state index in [4.69, 9.17) is 0 Å². The van der Waals surface area contributed by atoms with Crippen molar-refractivity contribution in [2.24, 2.45) is 0 Å². The van der Waals surface area contributed by atoms with Gasteiger partial charge in [-0.05, 0) is 37.5 Å². The predicted octanol–water partition coefficient (Wildman–Crippen LogP) is 3.64. The SMILES string of the molecule is Cc1ccc(C)c(CS(=O)(=O)Cc2cccc([N+](=O)[O-])c2C)c1. The van der Waals surface area contributed by atoms with Gasteiger partial charge in [0.1, 0.15) is 0 Å². The van der Waals surface area contributed by atoms with E-state index in [0.717, 1.165) is 16.7 Å². The summed E-state index contributed by atoms with van der Waals surface area (Å²) in [5, 5.41) is 11.0. The van der Waals surface area contributed by atoms with Gasteiger partial charge < -0.3 is 0 Å². The van der Waals surface area contributed by atoms with E-state index in [1.54, 1.807) is 13.0 Å². The van der Waals surface area contributed by atoms with Crippen LogP contribution in [0.25, 0.3) is 0 Å². The lowest BCUT2D eigenvalue weighted by Crippen LogP contribution is -2.10. The van der Waals surface area contributed by atoms with Crippen molar-refractivity contribution in [3.05, 3.63) is 74.3 Å². The highest BCUT2D eigenvalue weighted by Gasteiger charge is 2.19. The summed E-state index contributed by atoms with van der Waals surface area (Å²) in [6.45, 7) is 5.38. The highest BCUT2D eigenvalue weighted by atomic mass is 32.2. The van der Waals surface area contributed by atoms with Crippen molar-refractivity contribution in [2.45, 2.75) is 32.3 Å². The maximum atomic E-state index is 12.5. The van der Waals surface area contributed by atoms with Crippen LogP contribution in [0.5, 0.6) is 0 Å². The molecule has 0 aliphatic rings. The van der Waals surface area contributed by atoms with Crippen LogP contribution in [-0.4, -0.2) is 13.3 Å². The molecule has 0 amide bonds. The summed E-state index contributed by atoms with van der Waals surface area (Å²) in [4.78, 5) is 10.5. The van der Waals surface area contributed by atoms with Crippen LogP contribution in [0, 0.1) is 30.9 Å². The van der Waals surface area contributed by atoms with Gasteiger partial charge in [-0.1, -0.05) is 35.9 Å². The molecule has 6 heteroatoms. The van der Waals surface area contributed by atoms with Gasteiger partial charge in [0.05, 0.1) is 16.4 Å². The molecule has 0 radical (unpaired) electrons. The minimum Gasteiger partial charge on any atom is -0.258 e. The second-order valence-electron chi connectivity index (χ2n) is 5.78. The normalized spacial score (nSPS) is 11.4. The van der Waals surface area contributed by atoms with E-state index in [1.807, 2.05) is 32.0 Å². The molecule has 5 nitrogen and oxygen atoms in total. The van der Waals surface area contributed by atoms with Crippen LogP contribution in [0.3, 0.4) is 0 Å². The van der Waals surface area contributed by atoms with Crippen molar-refractivity contribution >= 4 is 15.5 Å². The third kappa shape index (κ3) is 4.16. The third-order valence-corrected chi connectivity index (χ3v) is 5.37. The molecule has 23 heavy (non-hydrogen) atoms. The molecule has 0 unspecified atom stereocenters. The molecular formula is C17H19NO4S. The molecule has 2 rings (SSSR count). The van der Waals surface area contributed by atoms with Crippen LogP contribution in [-0.2, 0) is 21.3 Å². The Labute approximate surface area is 136 Å². The van der Waals surface area contributed by atoms with Gasteiger partial charge in [-0.15, -0.1) is 0 Å². The molecule has 0 aliphatic heterocycles. The topological polar surface area (TPSA) is 77.3 Å². The Morgan fingerprint density at radius 2 is 1.65 bits per heavy atom. The molecule has 0 aliphatic carbocycles. The number of benzene rings is 2. The maximum Gasteiger partial charge on any atom is 0.272 e. The van der Waals surface area contributed by atoms with E-state index in [2.05, 4.69) is 0 Å². The van der Waals surface area contributed by atoms with Crippen LogP contribution in [0.2, 0.25) is 0 Å². The molecule has 0 saturated carbocycles. The Hall–Kier alpha value is -2.21. The summed E-state index contributed by atoms with van der Waals surface area (Å²) in [7, 11) is -3.41. The summed E-state index contributed by atoms with van der Waals surface area (Å²) in [6, 6.07) is 10.2. The maximum absolute atomic E-state index is 12.5. The Kier molecular flexibility index (Phi) is 4.85. The highest BCUT2D eigenvalue weighted by Crippen LogP contribution is 2.24. The molecule has 122 valence electrons. The third-order valence-electron chi connectivity index (χ3n) is 3.87. The largest absolute Gasteiger partial charge is 0.272 e. The first-order chi connectivity index (χ1) is 10.7. The average molecular weight is 333 g/mol. The molecule has 0 N–H and O–H groups in total. The van der Waals surface area contributed by atoms with E-state index >= 15 is 0 Å². The van der Waals surface area contributed by atoms with Gasteiger partial charge in [-0.2, -0.15) is 0 Å². The van der Waals surface area contributed by atoms with Crippen molar-refractivity contribution in [1.82, 2.24) is 0 Å². The molecule has 0 bridgehead atoms. The number of nitro groups is 1. The first-order valence-corrected chi connectivity index (χ1v) is 9.01. The number of sulfone groups is 1. The molecule has 0 heterocycles. The molecular weight excluding hydrogens is 314 g/mol. The number of hydrogen-bond donors (Lipinski definition) is 0.